The maximum Gasteiger partial charge on any atom is 0.401 e. The number of carbonyl (C=O) groups excluding carboxylic acids is 2. The summed E-state index contributed by atoms with van der Waals surface area (Å²) in [6, 6.07) is 10.3. The number of carbonyl (C=O) groups is 2. The number of pyridine rings is 1. The molecule has 3 heterocycles. The summed E-state index contributed by atoms with van der Waals surface area (Å²) < 4.78 is 40.1. The van der Waals surface area contributed by atoms with E-state index in [0.29, 0.717) is 41.9 Å². The van der Waals surface area contributed by atoms with Crippen molar-refractivity contribution in [2.45, 2.75) is 42.9 Å². The van der Waals surface area contributed by atoms with Crippen LogP contribution in [0.25, 0.3) is 5.52 Å². The van der Waals surface area contributed by atoms with Crippen LogP contribution < -0.4 is 10.6 Å². The summed E-state index contributed by atoms with van der Waals surface area (Å²) in [6.07, 6.45) is 1.84. The third-order valence-electron chi connectivity index (χ3n) is 6.99. The first-order chi connectivity index (χ1) is 17.2. The highest BCUT2D eigenvalue weighted by atomic mass is 35.5. The van der Waals surface area contributed by atoms with Crippen molar-refractivity contribution in [3.05, 3.63) is 71.3 Å². The summed E-state index contributed by atoms with van der Waals surface area (Å²) in [6.45, 7) is -0.565. The zero-order valence-corrected chi connectivity index (χ0v) is 20.0. The lowest BCUT2D eigenvalue weighted by Gasteiger charge is -2.40. The van der Waals surface area contributed by atoms with Gasteiger partial charge < -0.3 is 14.6 Å². The van der Waals surface area contributed by atoms with Crippen LogP contribution in [0, 0.1) is 0 Å². The van der Waals surface area contributed by atoms with Crippen molar-refractivity contribution in [2.24, 2.45) is 0 Å². The van der Waals surface area contributed by atoms with Crippen LogP contribution in [-0.2, 0) is 4.79 Å². The molecule has 0 bridgehead atoms. The fourth-order valence-corrected chi connectivity index (χ4v) is 5.10. The monoisotopic (exact) mass is 519 g/mol. The maximum atomic E-state index is 13.5. The van der Waals surface area contributed by atoms with Gasteiger partial charge in [-0.05, 0) is 49.1 Å². The van der Waals surface area contributed by atoms with E-state index in [2.05, 4.69) is 15.6 Å². The molecule has 11 heteroatoms. The van der Waals surface area contributed by atoms with Crippen LogP contribution in [-0.4, -0.2) is 63.5 Å². The van der Waals surface area contributed by atoms with Crippen molar-refractivity contribution in [1.82, 2.24) is 24.9 Å². The second-order valence-corrected chi connectivity index (χ2v) is 9.88. The van der Waals surface area contributed by atoms with E-state index in [9.17, 15) is 22.8 Å². The first-order valence-electron chi connectivity index (χ1n) is 11.7. The van der Waals surface area contributed by atoms with Crippen LogP contribution >= 0.6 is 11.6 Å². The van der Waals surface area contributed by atoms with Crippen molar-refractivity contribution in [1.29, 1.82) is 0 Å². The van der Waals surface area contributed by atoms with Gasteiger partial charge in [0.1, 0.15) is 0 Å². The molecule has 2 amide bonds. The third kappa shape index (κ3) is 5.05. The van der Waals surface area contributed by atoms with E-state index in [-0.39, 0.29) is 18.4 Å². The predicted octanol–water partition coefficient (Wildman–Crippen LogP) is 3.79. The third-order valence-corrected chi connectivity index (χ3v) is 7.22. The Kier molecular flexibility index (Phi) is 6.42. The molecule has 0 spiro atoms. The minimum Gasteiger partial charge on any atom is -0.349 e. The number of rotatable bonds is 6. The van der Waals surface area contributed by atoms with Crippen LogP contribution in [0.1, 0.15) is 41.1 Å². The Bertz CT molecular complexity index is 1290. The smallest absolute Gasteiger partial charge is 0.349 e. The number of alkyl halides is 3. The number of hydrogen-bond donors (Lipinski definition) is 2. The highest BCUT2D eigenvalue weighted by Crippen LogP contribution is 2.38. The van der Waals surface area contributed by atoms with Gasteiger partial charge >= 0.3 is 6.18 Å². The van der Waals surface area contributed by atoms with Crippen molar-refractivity contribution in [3.63, 3.8) is 0 Å². The van der Waals surface area contributed by atoms with E-state index in [4.69, 9.17) is 11.6 Å². The van der Waals surface area contributed by atoms with Crippen LogP contribution in [0.2, 0.25) is 5.02 Å². The van der Waals surface area contributed by atoms with Gasteiger partial charge in [-0.1, -0.05) is 23.7 Å². The van der Waals surface area contributed by atoms with Gasteiger partial charge in [0.25, 0.3) is 5.91 Å². The summed E-state index contributed by atoms with van der Waals surface area (Å²) >= 11 is 6.21. The van der Waals surface area contributed by atoms with E-state index >= 15 is 0 Å². The highest BCUT2D eigenvalue weighted by Gasteiger charge is 2.52. The number of fused-ring (bicyclic) bond motifs is 1. The lowest BCUT2D eigenvalue weighted by Crippen LogP contribution is -2.58. The van der Waals surface area contributed by atoms with E-state index in [0.717, 1.165) is 5.56 Å². The van der Waals surface area contributed by atoms with Gasteiger partial charge in [0, 0.05) is 30.2 Å². The summed E-state index contributed by atoms with van der Waals surface area (Å²) in [4.78, 5) is 32.4. The van der Waals surface area contributed by atoms with E-state index in [1.54, 1.807) is 46.2 Å². The van der Waals surface area contributed by atoms with Crippen molar-refractivity contribution in [2.75, 3.05) is 19.6 Å². The number of imidazole rings is 1. The van der Waals surface area contributed by atoms with Gasteiger partial charge in [0.05, 0.1) is 41.7 Å². The van der Waals surface area contributed by atoms with Crippen LogP contribution in [0.15, 0.2) is 55.1 Å². The Labute approximate surface area is 210 Å². The Hall–Kier alpha value is -3.11. The van der Waals surface area contributed by atoms with E-state index in [1.165, 1.54) is 0 Å². The Morgan fingerprint density at radius 2 is 2.00 bits per heavy atom. The van der Waals surface area contributed by atoms with Crippen LogP contribution in [0.3, 0.4) is 0 Å². The largest absolute Gasteiger partial charge is 0.401 e. The SMILES string of the molecule is O=C(c1cccn2cncc12)N1CC[C@@H](c2cccc(Cl)c2)[C@H](NC(=O)C2(NCC(F)(F)F)CC2)C1. The predicted molar refractivity (Wildman–Crippen MR) is 128 cm³/mol. The molecule has 2 atom stereocenters. The molecule has 5 rings (SSSR count). The molecule has 2 aliphatic rings. The number of halogens is 4. The minimum absolute atomic E-state index is 0.152. The van der Waals surface area contributed by atoms with Crippen LogP contribution in [0.4, 0.5) is 13.2 Å². The van der Waals surface area contributed by atoms with Gasteiger partial charge in [-0.3, -0.25) is 14.9 Å². The number of amides is 2. The molecule has 2 aromatic heterocycles. The number of nitrogens with zero attached hydrogens (tertiary/aromatic N) is 3. The molecule has 2 N–H and O–H groups in total. The number of aromatic nitrogens is 2. The summed E-state index contributed by atoms with van der Waals surface area (Å²) in [5.74, 6) is -0.821. The molecule has 1 saturated heterocycles. The number of nitrogens with one attached hydrogen (secondary N) is 2. The van der Waals surface area contributed by atoms with Crippen molar-refractivity contribution in [3.8, 4) is 0 Å². The molecule has 1 aliphatic carbocycles. The molecule has 0 unspecified atom stereocenters. The van der Waals surface area contributed by atoms with Crippen molar-refractivity contribution >= 4 is 28.9 Å². The minimum atomic E-state index is -4.41. The molecule has 1 saturated carbocycles. The zero-order chi connectivity index (χ0) is 25.5. The lowest BCUT2D eigenvalue weighted by molar-refractivity contribution is -0.134. The molecular weight excluding hydrogens is 495 g/mol. The standard InChI is InChI=1S/C25H25ClF3N5O2/c26-17-4-1-3-16(11-17)18-6-10-33(22(35)19-5-2-9-34-15-30-12-21(19)34)13-20(18)32-23(36)24(7-8-24)31-14-25(27,28)29/h1-5,9,11-12,15,18,20,31H,6-8,10,13-14H2,(H,32,36)/t18-,20+/m0/s1. The molecule has 1 aliphatic heterocycles. The molecule has 1 aromatic carbocycles. The van der Waals surface area contributed by atoms with Gasteiger partial charge in [-0.15, -0.1) is 0 Å². The molecular formula is C25H25ClF3N5O2. The summed E-state index contributed by atoms with van der Waals surface area (Å²) in [5.41, 5.74) is 0.843. The fraction of sp³-hybridized carbons (Fsp3) is 0.400. The van der Waals surface area contributed by atoms with Gasteiger partial charge in [0.15, 0.2) is 0 Å². The number of piperidine rings is 1. The first-order valence-corrected chi connectivity index (χ1v) is 12.1. The molecule has 2 fully saturated rings. The Morgan fingerprint density at radius 1 is 1.19 bits per heavy atom. The average molecular weight is 520 g/mol. The molecule has 36 heavy (non-hydrogen) atoms. The maximum absolute atomic E-state index is 13.5. The number of likely N-dealkylation sites (tertiary alicyclic amines) is 1. The van der Waals surface area contributed by atoms with E-state index < -0.39 is 30.2 Å². The Balaban J connectivity index is 1.38. The highest BCUT2D eigenvalue weighted by molar-refractivity contribution is 6.30. The second-order valence-electron chi connectivity index (χ2n) is 9.44. The average Bonchev–Trinajstić information content (AvgIpc) is 3.49. The van der Waals surface area contributed by atoms with Crippen LogP contribution in [0.5, 0.6) is 0 Å². The topological polar surface area (TPSA) is 78.7 Å². The van der Waals surface area contributed by atoms with Gasteiger partial charge in [0.2, 0.25) is 5.91 Å². The fourth-order valence-electron chi connectivity index (χ4n) is 4.90. The summed E-state index contributed by atoms with van der Waals surface area (Å²) in [5, 5.41) is 5.91. The number of hydrogen-bond acceptors (Lipinski definition) is 4. The molecule has 3 aromatic rings. The Morgan fingerprint density at radius 3 is 2.72 bits per heavy atom. The molecule has 7 nitrogen and oxygen atoms in total. The quantitative estimate of drug-likeness (QED) is 0.519. The summed E-state index contributed by atoms with van der Waals surface area (Å²) in [7, 11) is 0. The lowest BCUT2D eigenvalue weighted by atomic mass is 9.84. The zero-order valence-electron chi connectivity index (χ0n) is 19.3. The van der Waals surface area contributed by atoms with E-state index in [1.807, 2.05) is 18.2 Å². The normalized spacial score (nSPS) is 21.4. The molecule has 190 valence electrons. The first kappa shape index (κ1) is 24.6. The molecule has 0 radical (unpaired) electrons. The van der Waals surface area contributed by atoms with Crippen molar-refractivity contribution < 1.29 is 22.8 Å². The number of benzene rings is 1. The van der Waals surface area contributed by atoms with Gasteiger partial charge in [-0.2, -0.15) is 13.2 Å². The second kappa shape index (κ2) is 9.40. The van der Waals surface area contributed by atoms with Gasteiger partial charge in [-0.25, -0.2) is 4.98 Å².